The molecule has 0 aliphatic heterocycles. The summed E-state index contributed by atoms with van der Waals surface area (Å²) < 4.78 is 0. The van der Waals surface area contributed by atoms with Gasteiger partial charge in [0.25, 0.3) is 0 Å². The Hall–Kier alpha value is -1.14. The monoisotopic (exact) mass is 643 g/mol. The smallest absolute Gasteiger partial charge is 0.112 e. The van der Waals surface area contributed by atoms with Gasteiger partial charge in [-0.3, -0.25) is 0 Å². The molecule has 3 nitrogen and oxygen atoms in total. The Morgan fingerprint density at radius 3 is 1.43 bits per heavy atom. The van der Waals surface area contributed by atoms with Crippen LogP contribution in [0.1, 0.15) is 25.7 Å². The van der Waals surface area contributed by atoms with E-state index in [4.69, 9.17) is 5.53 Å². The zero-order valence-electron chi connectivity index (χ0n) is 17.0. The van der Waals surface area contributed by atoms with E-state index in [9.17, 15) is 0 Å². The third-order valence-corrected chi connectivity index (χ3v) is 9.68. The Morgan fingerprint density at radius 1 is 0.633 bits per heavy atom. The van der Waals surface area contributed by atoms with E-state index in [0.29, 0.717) is 6.54 Å². The Morgan fingerprint density at radius 2 is 1.03 bits per heavy atom. The molecule has 0 radical (unpaired) electrons. The molecule has 3 aromatic rings. The molecule has 0 unspecified atom stereocenters. The number of hydrogen-bond acceptors (Lipinski definition) is 1. The minimum Gasteiger partial charge on any atom is -1.00 e. The molecule has 0 heterocycles. The van der Waals surface area contributed by atoms with Gasteiger partial charge in [0, 0.05) is 11.5 Å². The quantitative estimate of drug-likeness (QED) is 0.0813. The van der Waals surface area contributed by atoms with Gasteiger partial charge < -0.3 is 24.0 Å². The number of benzene rings is 3. The summed E-state index contributed by atoms with van der Waals surface area (Å²) in [4.78, 5) is 2.84. The van der Waals surface area contributed by atoms with Crippen molar-refractivity contribution in [3.05, 3.63) is 101 Å². The molecule has 3 rings (SSSR count). The second-order valence-electron chi connectivity index (χ2n) is 6.91. The summed E-state index contributed by atoms with van der Waals surface area (Å²) in [7, 11) is -1.70. The van der Waals surface area contributed by atoms with Crippen LogP contribution in [0.3, 0.4) is 0 Å². The van der Waals surface area contributed by atoms with Crippen LogP contribution in [-0.4, -0.2) is 12.7 Å². The standard InChI is InChI=1S/C24H27N3P.2HI/c25-27-26-20-12-1-2-13-21-28(22-14-6-3-7-15-22,23-16-8-4-9-17-23)24-18-10-5-11-19-24;;/h3-11,14-19H,1-2,12-13,20-21H2;2*1H/q+1;;/p-1. The average molecular weight is 643 g/mol. The highest BCUT2D eigenvalue weighted by atomic mass is 127. The van der Waals surface area contributed by atoms with E-state index in [1.165, 1.54) is 22.3 Å². The predicted molar refractivity (Wildman–Crippen MR) is 138 cm³/mol. The summed E-state index contributed by atoms with van der Waals surface area (Å²) in [6.45, 7) is 0.604. The van der Waals surface area contributed by atoms with E-state index in [1.54, 1.807) is 0 Å². The summed E-state index contributed by atoms with van der Waals surface area (Å²) in [5.41, 5.74) is 8.42. The van der Waals surface area contributed by atoms with Crippen LogP contribution in [0.4, 0.5) is 0 Å². The number of hydrogen-bond donors (Lipinski definition) is 0. The van der Waals surface area contributed by atoms with Crippen molar-refractivity contribution >= 4 is 47.2 Å². The molecule has 0 N–H and O–H groups in total. The van der Waals surface area contributed by atoms with Crippen LogP contribution >= 0.6 is 31.2 Å². The molecule has 0 fully saturated rings. The molecule has 0 aromatic heterocycles. The fourth-order valence-electron chi connectivity index (χ4n) is 3.81. The molecule has 30 heavy (non-hydrogen) atoms. The molecule has 0 spiro atoms. The van der Waals surface area contributed by atoms with Crippen molar-refractivity contribution in [1.29, 1.82) is 0 Å². The van der Waals surface area contributed by atoms with Crippen LogP contribution in [0.5, 0.6) is 0 Å². The van der Waals surface area contributed by atoms with E-state index in [1.807, 2.05) is 0 Å². The first-order valence-corrected chi connectivity index (χ1v) is 11.9. The summed E-state index contributed by atoms with van der Waals surface area (Å²) in [6, 6.07) is 33.1. The van der Waals surface area contributed by atoms with Crippen molar-refractivity contribution in [1.82, 2.24) is 0 Å². The highest BCUT2D eigenvalue weighted by Crippen LogP contribution is 2.55. The molecule has 0 aliphatic rings. The van der Waals surface area contributed by atoms with Gasteiger partial charge in [0.2, 0.25) is 0 Å². The number of rotatable bonds is 10. The molecule has 158 valence electrons. The van der Waals surface area contributed by atoms with Crippen LogP contribution in [0, 0.1) is 0 Å². The molecular formula is C24H28I2N3P. The highest BCUT2D eigenvalue weighted by molar-refractivity contribution is 14.0. The van der Waals surface area contributed by atoms with Gasteiger partial charge in [-0.05, 0) is 61.2 Å². The molecule has 3 aromatic carbocycles. The van der Waals surface area contributed by atoms with Gasteiger partial charge in [-0.15, -0.1) is 24.0 Å². The van der Waals surface area contributed by atoms with Gasteiger partial charge in [-0.1, -0.05) is 66.1 Å². The molecule has 0 bridgehead atoms. The van der Waals surface area contributed by atoms with Crippen molar-refractivity contribution in [2.24, 2.45) is 5.11 Å². The maximum Gasteiger partial charge on any atom is 0.112 e. The minimum absolute atomic E-state index is 0. The zero-order valence-corrected chi connectivity index (χ0v) is 22.4. The zero-order chi connectivity index (χ0) is 19.5. The number of azide groups is 1. The SMILES string of the molecule is I.[I-].[N-]=[N+]=NCCCCCC[P+](c1ccccc1)(c1ccccc1)c1ccccc1. The van der Waals surface area contributed by atoms with E-state index >= 15 is 0 Å². The third-order valence-electron chi connectivity index (χ3n) is 5.16. The van der Waals surface area contributed by atoms with Crippen molar-refractivity contribution in [3.63, 3.8) is 0 Å². The lowest BCUT2D eigenvalue weighted by Gasteiger charge is -2.27. The maximum atomic E-state index is 8.42. The van der Waals surface area contributed by atoms with Crippen LogP contribution in [0.25, 0.3) is 10.4 Å². The summed E-state index contributed by atoms with van der Waals surface area (Å²) >= 11 is 0. The van der Waals surface area contributed by atoms with Gasteiger partial charge in [-0.25, -0.2) is 0 Å². The molecule has 0 saturated heterocycles. The molecule has 0 saturated carbocycles. The Kier molecular flexibility index (Phi) is 13.3. The first kappa shape index (κ1) is 26.9. The second-order valence-corrected chi connectivity index (χ2v) is 10.5. The fraction of sp³-hybridized carbons (Fsp3) is 0.250. The summed E-state index contributed by atoms with van der Waals surface area (Å²) in [5.74, 6) is 0. The molecule has 0 aliphatic carbocycles. The third kappa shape index (κ3) is 6.94. The Labute approximate surface area is 214 Å². The number of nitrogens with zero attached hydrogens (tertiary/aromatic N) is 3. The van der Waals surface area contributed by atoms with Gasteiger partial charge in [0.1, 0.15) is 23.2 Å². The van der Waals surface area contributed by atoms with Crippen molar-refractivity contribution in [3.8, 4) is 0 Å². The van der Waals surface area contributed by atoms with Gasteiger partial charge in [0.15, 0.2) is 0 Å². The topological polar surface area (TPSA) is 48.8 Å². The van der Waals surface area contributed by atoms with Crippen LogP contribution < -0.4 is 39.9 Å². The predicted octanol–water partition coefficient (Wildman–Crippen LogP) is 3.47. The lowest BCUT2D eigenvalue weighted by atomic mass is 10.2. The van der Waals surface area contributed by atoms with Crippen LogP contribution in [0.2, 0.25) is 0 Å². The van der Waals surface area contributed by atoms with E-state index in [2.05, 4.69) is 101 Å². The van der Waals surface area contributed by atoms with E-state index in [-0.39, 0.29) is 48.0 Å². The lowest BCUT2D eigenvalue weighted by molar-refractivity contribution is -0.00000567. The number of unbranched alkanes of at least 4 members (excludes halogenated alkanes) is 3. The second kappa shape index (κ2) is 14.8. The van der Waals surface area contributed by atoms with Crippen LogP contribution in [-0.2, 0) is 0 Å². The first-order chi connectivity index (χ1) is 13.9. The van der Waals surface area contributed by atoms with Gasteiger partial charge >= 0.3 is 0 Å². The average Bonchev–Trinajstić information content (AvgIpc) is 2.78. The molecule has 0 amide bonds. The maximum absolute atomic E-state index is 8.42. The first-order valence-electron chi connectivity index (χ1n) is 9.94. The normalized spacial score (nSPS) is 10.3. The largest absolute Gasteiger partial charge is 1.00 e. The summed E-state index contributed by atoms with van der Waals surface area (Å²) in [5, 5.41) is 7.99. The summed E-state index contributed by atoms with van der Waals surface area (Å²) in [6.07, 6.45) is 5.57. The highest BCUT2D eigenvalue weighted by Gasteiger charge is 2.44. The van der Waals surface area contributed by atoms with Crippen molar-refractivity contribution in [2.45, 2.75) is 25.7 Å². The van der Waals surface area contributed by atoms with Crippen LogP contribution in [0.15, 0.2) is 96.1 Å². The Balaban J connectivity index is 0.00000225. The van der Waals surface area contributed by atoms with E-state index < -0.39 is 7.26 Å². The molecular weight excluding hydrogens is 615 g/mol. The Bertz CT molecular complexity index is 789. The van der Waals surface area contributed by atoms with E-state index in [0.717, 1.165) is 25.4 Å². The van der Waals surface area contributed by atoms with Gasteiger partial charge in [0.05, 0.1) is 6.16 Å². The fourth-order valence-corrected chi connectivity index (χ4v) is 8.22. The van der Waals surface area contributed by atoms with Gasteiger partial charge in [-0.2, -0.15) is 0 Å². The lowest BCUT2D eigenvalue weighted by Crippen LogP contribution is -3.00. The molecule has 0 atom stereocenters. The minimum atomic E-state index is -1.70. The molecule has 6 heteroatoms. The van der Waals surface area contributed by atoms with Crippen molar-refractivity contribution < 1.29 is 24.0 Å². The van der Waals surface area contributed by atoms with Crippen molar-refractivity contribution in [2.75, 3.05) is 12.7 Å². The number of halogens is 2.